The van der Waals surface area contributed by atoms with Gasteiger partial charge in [0.25, 0.3) is 0 Å². The Balaban J connectivity index is 2.02. The van der Waals surface area contributed by atoms with Gasteiger partial charge in [-0.2, -0.15) is 0 Å². The molecule has 0 saturated heterocycles. The molecular weight excluding hydrogens is 366 g/mol. The number of nitro groups is 1. The lowest BCUT2D eigenvalue weighted by Gasteiger charge is -2.11. The second-order valence-electron chi connectivity index (χ2n) is 6.19. The van der Waals surface area contributed by atoms with Crippen LogP contribution >= 0.6 is 0 Å². The Hall–Kier alpha value is -3.68. The third kappa shape index (κ3) is 3.57. The third-order valence-corrected chi connectivity index (χ3v) is 4.48. The summed E-state index contributed by atoms with van der Waals surface area (Å²) in [5.41, 5.74) is 2.04. The van der Waals surface area contributed by atoms with Crippen LogP contribution in [0.15, 0.2) is 45.6 Å². The van der Waals surface area contributed by atoms with Crippen molar-refractivity contribution in [2.75, 3.05) is 7.11 Å². The van der Waals surface area contributed by atoms with Crippen LogP contribution in [0.1, 0.15) is 27.0 Å². The number of rotatable bonds is 5. The Morgan fingerprint density at radius 3 is 2.61 bits per heavy atom. The maximum absolute atomic E-state index is 11.9. The number of nitro benzene ring substituents is 1. The fraction of sp³-hybridized carbons (Fsp3) is 0.200. The minimum Gasteiger partial charge on any atom is -0.482 e. The summed E-state index contributed by atoms with van der Waals surface area (Å²) in [5.74, 6) is -0.741. The Bertz CT molecular complexity index is 1150. The van der Waals surface area contributed by atoms with E-state index in [0.29, 0.717) is 16.5 Å². The summed E-state index contributed by atoms with van der Waals surface area (Å²) in [5, 5.41) is 12.0. The second kappa shape index (κ2) is 7.51. The molecule has 0 N–H and O–H groups in total. The first-order valence-corrected chi connectivity index (χ1v) is 8.34. The van der Waals surface area contributed by atoms with E-state index in [1.54, 1.807) is 6.07 Å². The highest BCUT2D eigenvalue weighted by molar-refractivity contribution is 5.90. The lowest BCUT2D eigenvalue weighted by atomic mass is 10.0. The van der Waals surface area contributed by atoms with Crippen molar-refractivity contribution in [2.45, 2.75) is 20.5 Å². The maximum Gasteiger partial charge on any atom is 0.337 e. The van der Waals surface area contributed by atoms with E-state index in [2.05, 4.69) is 4.74 Å². The molecule has 0 radical (unpaired) electrons. The van der Waals surface area contributed by atoms with Gasteiger partial charge in [-0.05, 0) is 31.0 Å². The Morgan fingerprint density at radius 2 is 1.93 bits per heavy atom. The number of benzene rings is 2. The number of carbonyl (C=O) groups excluding carboxylic acids is 1. The fourth-order valence-electron chi connectivity index (χ4n) is 2.82. The summed E-state index contributed by atoms with van der Waals surface area (Å²) in [6.45, 7) is 3.63. The molecule has 1 aromatic heterocycles. The standard InChI is InChI=1S/C20H17NO7/c1-11-4-6-15-14(9-18(22)28-19(15)12(11)2)10-27-17-8-13(20(23)26-3)5-7-16(17)21(24)25/h4-9H,10H2,1-3H3. The van der Waals surface area contributed by atoms with Gasteiger partial charge in [0, 0.05) is 29.1 Å². The summed E-state index contributed by atoms with van der Waals surface area (Å²) >= 11 is 0. The molecule has 8 nitrogen and oxygen atoms in total. The van der Waals surface area contributed by atoms with Crippen LogP contribution in [0.25, 0.3) is 11.0 Å². The maximum atomic E-state index is 11.9. The molecule has 0 fully saturated rings. The van der Waals surface area contributed by atoms with E-state index >= 15 is 0 Å². The normalized spacial score (nSPS) is 10.7. The van der Waals surface area contributed by atoms with Crippen LogP contribution in [0, 0.1) is 24.0 Å². The van der Waals surface area contributed by atoms with Gasteiger partial charge in [-0.25, -0.2) is 9.59 Å². The van der Waals surface area contributed by atoms with Gasteiger partial charge < -0.3 is 13.9 Å². The first-order chi connectivity index (χ1) is 13.3. The van der Waals surface area contributed by atoms with Crippen LogP contribution in [0.3, 0.4) is 0 Å². The molecule has 144 valence electrons. The molecule has 0 saturated carbocycles. The topological polar surface area (TPSA) is 109 Å². The number of methoxy groups -OCH3 is 1. The summed E-state index contributed by atoms with van der Waals surface area (Å²) in [6, 6.07) is 8.68. The zero-order chi connectivity index (χ0) is 20.4. The SMILES string of the molecule is COC(=O)c1ccc([N+](=O)[O-])c(OCc2cc(=O)oc3c(C)c(C)ccc23)c1. The van der Waals surface area contributed by atoms with E-state index in [4.69, 9.17) is 9.15 Å². The van der Waals surface area contributed by atoms with Gasteiger partial charge in [0.15, 0.2) is 5.75 Å². The molecule has 0 amide bonds. The van der Waals surface area contributed by atoms with Gasteiger partial charge in [-0.3, -0.25) is 10.1 Å². The van der Waals surface area contributed by atoms with Gasteiger partial charge >= 0.3 is 17.3 Å². The van der Waals surface area contributed by atoms with Crippen LogP contribution in [-0.4, -0.2) is 18.0 Å². The van der Waals surface area contributed by atoms with Crippen LogP contribution in [-0.2, 0) is 11.3 Å². The highest BCUT2D eigenvalue weighted by Crippen LogP contribution is 2.30. The number of hydrogen-bond acceptors (Lipinski definition) is 7. The predicted molar refractivity (Wildman–Crippen MR) is 101 cm³/mol. The van der Waals surface area contributed by atoms with Crippen LogP contribution in [0.2, 0.25) is 0 Å². The van der Waals surface area contributed by atoms with Crippen molar-refractivity contribution in [3.8, 4) is 5.75 Å². The van der Waals surface area contributed by atoms with Gasteiger partial charge in [-0.1, -0.05) is 12.1 Å². The second-order valence-corrected chi connectivity index (χ2v) is 6.19. The smallest absolute Gasteiger partial charge is 0.337 e. The first-order valence-electron chi connectivity index (χ1n) is 8.34. The van der Waals surface area contributed by atoms with Crippen LogP contribution in [0.4, 0.5) is 5.69 Å². The van der Waals surface area contributed by atoms with E-state index in [0.717, 1.165) is 11.1 Å². The number of esters is 1. The largest absolute Gasteiger partial charge is 0.482 e. The van der Waals surface area contributed by atoms with Crippen molar-refractivity contribution < 1.29 is 23.6 Å². The molecule has 0 aliphatic rings. The first kappa shape index (κ1) is 19.1. The molecule has 1 heterocycles. The van der Waals surface area contributed by atoms with Crippen molar-refractivity contribution in [3.05, 3.63) is 79.2 Å². The van der Waals surface area contributed by atoms with E-state index < -0.39 is 16.5 Å². The van der Waals surface area contributed by atoms with Crippen LogP contribution in [0.5, 0.6) is 5.75 Å². The predicted octanol–water partition coefficient (Wildman–Crippen LogP) is 3.68. The zero-order valence-corrected chi connectivity index (χ0v) is 15.5. The number of hydrogen-bond donors (Lipinski definition) is 0. The van der Waals surface area contributed by atoms with Crippen LogP contribution < -0.4 is 10.4 Å². The lowest BCUT2D eigenvalue weighted by molar-refractivity contribution is -0.385. The summed E-state index contributed by atoms with van der Waals surface area (Å²) in [4.78, 5) is 34.3. The van der Waals surface area contributed by atoms with Gasteiger partial charge in [0.1, 0.15) is 12.2 Å². The highest BCUT2D eigenvalue weighted by Gasteiger charge is 2.19. The molecule has 28 heavy (non-hydrogen) atoms. The number of ether oxygens (including phenoxy) is 2. The summed E-state index contributed by atoms with van der Waals surface area (Å²) in [6.07, 6.45) is 0. The molecule has 0 bridgehead atoms. The van der Waals surface area contributed by atoms with E-state index in [1.807, 2.05) is 19.9 Å². The Morgan fingerprint density at radius 1 is 1.18 bits per heavy atom. The lowest BCUT2D eigenvalue weighted by Crippen LogP contribution is -2.07. The van der Waals surface area contributed by atoms with Crippen molar-refractivity contribution in [1.82, 2.24) is 0 Å². The summed E-state index contributed by atoms with van der Waals surface area (Å²) < 4.78 is 15.6. The van der Waals surface area contributed by atoms with E-state index in [1.165, 1.54) is 31.4 Å². The molecule has 2 aromatic carbocycles. The monoisotopic (exact) mass is 383 g/mol. The average Bonchev–Trinajstić information content (AvgIpc) is 2.68. The Labute approximate surface area is 159 Å². The molecule has 0 aliphatic carbocycles. The molecule has 3 aromatic rings. The van der Waals surface area contributed by atoms with Crippen molar-refractivity contribution in [1.29, 1.82) is 0 Å². The molecule has 3 rings (SSSR count). The molecule has 0 spiro atoms. The number of aryl methyl sites for hydroxylation is 2. The van der Waals surface area contributed by atoms with Gasteiger partial charge in [0.05, 0.1) is 17.6 Å². The molecule has 0 unspecified atom stereocenters. The van der Waals surface area contributed by atoms with E-state index in [-0.39, 0.29) is 23.6 Å². The molecular formula is C20H17NO7. The van der Waals surface area contributed by atoms with Gasteiger partial charge in [-0.15, -0.1) is 0 Å². The van der Waals surface area contributed by atoms with Gasteiger partial charge in [0.2, 0.25) is 0 Å². The van der Waals surface area contributed by atoms with Crippen molar-refractivity contribution >= 4 is 22.6 Å². The minimum absolute atomic E-state index is 0.0990. The highest BCUT2D eigenvalue weighted by atomic mass is 16.6. The number of fused-ring (bicyclic) bond motifs is 1. The minimum atomic E-state index is -0.642. The zero-order valence-electron chi connectivity index (χ0n) is 15.5. The average molecular weight is 383 g/mol. The van der Waals surface area contributed by atoms with Crippen molar-refractivity contribution in [3.63, 3.8) is 0 Å². The fourth-order valence-corrected chi connectivity index (χ4v) is 2.82. The van der Waals surface area contributed by atoms with Crippen molar-refractivity contribution in [2.24, 2.45) is 0 Å². The number of carbonyl (C=O) groups is 1. The molecule has 0 atom stereocenters. The number of nitrogens with zero attached hydrogens (tertiary/aromatic N) is 1. The molecule has 8 heteroatoms. The quantitative estimate of drug-likeness (QED) is 0.286. The Kier molecular flexibility index (Phi) is 5.12. The summed E-state index contributed by atoms with van der Waals surface area (Å²) in [7, 11) is 1.21. The van der Waals surface area contributed by atoms with E-state index in [9.17, 15) is 19.7 Å². The third-order valence-electron chi connectivity index (χ3n) is 4.48. The molecule has 0 aliphatic heterocycles.